The molecule has 0 amide bonds. The number of hydrogen-bond donors (Lipinski definition) is 2. The molecule has 3 heterocycles. The highest BCUT2D eigenvalue weighted by molar-refractivity contribution is 5.33. The monoisotopic (exact) mass is 311 g/mol. The van der Waals surface area contributed by atoms with Crippen molar-refractivity contribution in [1.29, 1.82) is 0 Å². The molecule has 3 aliphatic heterocycles. The summed E-state index contributed by atoms with van der Waals surface area (Å²) < 4.78 is 0. The quantitative estimate of drug-likeness (QED) is 0.833. The summed E-state index contributed by atoms with van der Waals surface area (Å²) in [4.78, 5) is 2.99. The van der Waals surface area contributed by atoms with E-state index in [9.17, 15) is 0 Å². The van der Waals surface area contributed by atoms with Crippen LogP contribution in [0.3, 0.4) is 0 Å². The smallest absolute Gasteiger partial charge is 0.0356 e. The van der Waals surface area contributed by atoms with Gasteiger partial charge in [-0.05, 0) is 74.7 Å². The van der Waals surface area contributed by atoms with Crippen LogP contribution in [0.5, 0.6) is 0 Å². The normalized spacial score (nSPS) is 36.1. The highest BCUT2D eigenvalue weighted by Gasteiger charge is 2.56. The van der Waals surface area contributed by atoms with Crippen molar-refractivity contribution in [2.75, 3.05) is 32.7 Å². The first-order valence-electron chi connectivity index (χ1n) is 9.64. The predicted octanol–water partition coefficient (Wildman–Crippen LogP) is 2.34. The van der Waals surface area contributed by atoms with Crippen molar-refractivity contribution >= 4 is 0 Å². The van der Waals surface area contributed by atoms with Crippen molar-refractivity contribution in [2.45, 2.75) is 43.7 Å². The van der Waals surface area contributed by atoms with Crippen molar-refractivity contribution in [1.82, 2.24) is 15.5 Å². The molecule has 23 heavy (non-hydrogen) atoms. The third kappa shape index (κ3) is 2.13. The van der Waals surface area contributed by atoms with Crippen LogP contribution < -0.4 is 10.6 Å². The van der Waals surface area contributed by atoms with Gasteiger partial charge in [0.25, 0.3) is 0 Å². The van der Waals surface area contributed by atoms with Gasteiger partial charge in [0, 0.05) is 24.7 Å². The zero-order valence-corrected chi connectivity index (χ0v) is 14.1. The molecule has 3 heteroatoms. The summed E-state index contributed by atoms with van der Waals surface area (Å²) in [5.41, 5.74) is 3.71. The Labute approximate surface area is 139 Å². The Morgan fingerprint density at radius 3 is 2.83 bits per heavy atom. The van der Waals surface area contributed by atoms with Crippen LogP contribution in [-0.4, -0.2) is 43.2 Å². The fraction of sp³-hybridized carbons (Fsp3) is 0.700. The molecule has 1 aromatic carbocycles. The fourth-order valence-corrected chi connectivity index (χ4v) is 6.21. The van der Waals surface area contributed by atoms with E-state index in [-0.39, 0.29) is 0 Å². The molecular formula is C20H29N3. The van der Waals surface area contributed by atoms with E-state index in [1.807, 2.05) is 0 Å². The summed E-state index contributed by atoms with van der Waals surface area (Å²) in [7, 11) is 0. The Kier molecular flexibility index (Phi) is 3.50. The van der Waals surface area contributed by atoms with Crippen LogP contribution >= 0.6 is 0 Å². The SMILES string of the molecule is c1ccc2c(c1)CCC[C@H]2N1CC2CNCC2C12CCNCC2. The van der Waals surface area contributed by atoms with E-state index in [1.54, 1.807) is 11.1 Å². The van der Waals surface area contributed by atoms with Crippen LogP contribution in [0.1, 0.15) is 42.9 Å². The van der Waals surface area contributed by atoms with Crippen LogP contribution in [-0.2, 0) is 6.42 Å². The van der Waals surface area contributed by atoms with E-state index >= 15 is 0 Å². The summed E-state index contributed by atoms with van der Waals surface area (Å²) in [6.45, 7) is 6.21. The Morgan fingerprint density at radius 2 is 1.91 bits per heavy atom. The van der Waals surface area contributed by atoms with Crippen LogP contribution in [0.2, 0.25) is 0 Å². The maximum absolute atomic E-state index is 3.69. The lowest BCUT2D eigenvalue weighted by Crippen LogP contribution is -2.56. The lowest BCUT2D eigenvalue weighted by Gasteiger charge is -2.49. The van der Waals surface area contributed by atoms with Crippen molar-refractivity contribution in [3.8, 4) is 0 Å². The molecule has 5 rings (SSSR count). The number of benzene rings is 1. The van der Waals surface area contributed by atoms with Crippen molar-refractivity contribution < 1.29 is 0 Å². The summed E-state index contributed by atoms with van der Waals surface area (Å²) in [5.74, 6) is 1.75. The fourth-order valence-electron chi connectivity index (χ4n) is 6.21. The summed E-state index contributed by atoms with van der Waals surface area (Å²) >= 11 is 0. The number of rotatable bonds is 1. The van der Waals surface area contributed by atoms with Crippen LogP contribution in [0, 0.1) is 11.8 Å². The molecule has 0 saturated carbocycles. The second kappa shape index (κ2) is 5.58. The molecule has 4 aliphatic rings. The summed E-state index contributed by atoms with van der Waals surface area (Å²) in [6.07, 6.45) is 6.69. The lowest BCUT2D eigenvalue weighted by molar-refractivity contribution is 0.0234. The maximum atomic E-state index is 3.69. The van der Waals surface area contributed by atoms with E-state index in [0.717, 1.165) is 11.8 Å². The van der Waals surface area contributed by atoms with E-state index in [4.69, 9.17) is 0 Å². The average Bonchev–Trinajstić information content (AvgIpc) is 3.18. The van der Waals surface area contributed by atoms with Gasteiger partial charge in [-0.3, -0.25) is 4.90 Å². The number of likely N-dealkylation sites (tertiary alicyclic amines) is 1. The van der Waals surface area contributed by atoms with Crippen molar-refractivity contribution in [3.05, 3.63) is 35.4 Å². The molecule has 3 fully saturated rings. The minimum absolute atomic E-state index is 0.453. The molecule has 3 saturated heterocycles. The number of nitrogens with one attached hydrogen (secondary N) is 2. The van der Waals surface area contributed by atoms with Gasteiger partial charge in [0.05, 0.1) is 0 Å². The Balaban J connectivity index is 1.54. The van der Waals surface area contributed by atoms with Crippen LogP contribution in [0.25, 0.3) is 0 Å². The highest BCUT2D eigenvalue weighted by atomic mass is 15.3. The van der Waals surface area contributed by atoms with Gasteiger partial charge < -0.3 is 10.6 Å². The molecule has 2 unspecified atom stereocenters. The molecule has 124 valence electrons. The molecule has 3 nitrogen and oxygen atoms in total. The largest absolute Gasteiger partial charge is 0.317 e. The zero-order valence-electron chi connectivity index (χ0n) is 14.1. The van der Waals surface area contributed by atoms with Gasteiger partial charge >= 0.3 is 0 Å². The summed E-state index contributed by atoms with van der Waals surface area (Å²) in [5, 5.41) is 7.30. The van der Waals surface area contributed by atoms with Crippen LogP contribution in [0.15, 0.2) is 24.3 Å². The molecule has 1 aliphatic carbocycles. The van der Waals surface area contributed by atoms with Gasteiger partial charge in [-0.2, -0.15) is 0 Å². The standard InChI is InChI=1S/C20H29N3/c1-2-6-17-15(4-1)5-3-7-19(17)23-14-16-12-22-13-18(16)20(23)8-10-21-11-9-20/h1-2,4,6,16,18-19,21-22H,3,5,7-14H2/t16?,18?,19-/m1/s1. The molecular weight excluding hydrogens is 282 g/mol. The minimum Gasteiger partial charge on any atom is -0.317 e. The second-order valence-electron chi connectivity index (χ2n) is 8.14. The topological polar surface area (TPSA) is 27.3 Å². The zero-order chi connectivity index (χ0) is 15.3. The van der Waals surface area contributed by atoms with Gasteiger partial charge in [-0.1, -0.05) is 24.3 Å². The van der Waals surface area contributed by atoms with Gasteiger partial charge in [0.1, 0.15) is 0 Å². The third-order valence-corrected chi connectivity index (χ3v) is 7.22. The lowest BCUT2D eigenvalue weighted by atomic mass is 9.74. The van der Waals surface area contributed by atoms with Gasteiger partial charge in [-0.15, -0.1) is 0 Å². The minimum atomic E-state index is 0.453. The van der Waals surface area contributed by atoms with Crippen LogP contribution in [0.4, 0.5) is 0 Å². The van der Waals surface area contributed by atoms with E-state index in [0.29, 0.717) is 11.6 Å². The average molecular weight is 311 g/mol. The number of nitrogens with zero attached hydrogens (tertiary/aromatic N) is 1. The third-order valence-electron chi connectivity index (χ3n) is 7.22. The number of hydrogen-bond acceptors (Lipinski definition) is 3. The van der Waals surface area contributed by atoms with Gasteiger partial charge in [0.15, 0.2) is 0 Å². The molecule has 0 radical (unpaired) electrons. The predicted molar refractivity (Wildman–Crippen MR) is 93.5 cm³/mol. The Morgan fingerprint density at radius 1 is 1.04 bits per heavy atom. The summed E-state index contributed by atoms with van der Waals surface area (Å²) in [6, 6.07) is 9.94. The van der Waals surface area contributed by atoms with Gasteiger partial charge in [0.2, 0.25) is 0 Å². The molecule has 1 spiro atoms. The van der Waals surface area contributed by atoms with Gasteiger partial charge in [-0.25, -0.2) is 0 Å². The number of piperidine rings is 1. The molecule has 0 aromatic heterocycles. The molecule has 1 aromatic rings. The van der Waals surface area contributed by atoms with E-state index < -0.39 is 0 Å². The first-order chi connectivity index (χ1) is 11.4. The van der Waals surface area contributed by atoms with E-state index in [1.165, 1.54) is 64.8 Å². The number of fused-ring (bicyclic) bond motifs is 3. The van der Waals surface area contributed by atoms with Crippen molar-refractivity contribution in [2.24, 2.45) is 11.8 Å². The second-order valence-corrected chi connectivity index (χ2v) is 8.14. The first-order valence-corrected chi connectivity index (χ1v) is 9.64. The molecule has 0 bridgehead atoms. The molecule has 2 N–H and O–H groups in total. The van der Waals surface area contributed by atoms with Crippen molar-refractivity contribution in [3.63, 3.8) is 0 Å². The Hall–Kier alpha value is -0.900. The maximum Gasteiger partial charge on any atom is 0.0356 e. The first kappa shape index (κ1) is 14.4. The number of aryl methyl sites for hydroxylation is 1. The highest BCUT2D eigenvalue weighted by Crippen LogP contribution is 2.51. The molecule has 3 atom stereocenters. The Bertz CT molecular complexity index is 578. The van der Waals surface area contributed by atoms with E-state index in [2.05, 4.69) is 39.8 Å².